The summed E-state index contributed by atoms with van der Waals surface area (Å²) in [6.07, 6.45) is 0.194. The van der Waals surface area contributed by atoms with Crippen molar-refractivity contribution in [3.05, 3.63) is 95.1 Å². The number of nitrogens with zero attached hydrogens (tertiary/aromatic N) is 2. The van der Waals surface area contributed by atoms with Gasteiger partial charge in [0.25, 0.3) is 11.8 Å². The van der Waals surface area contributed by atoms with E-state index in [2.05, 4.69) is 0 Å². The molecule has 0 spiro atoms. The molecule has 3 amide bonds. The minimum absolute atomic E-state index is 0.0872. The van der Waals surface area contributed by atoms with Crippen molar-refractivity contribution in [1.29, 1.82) is 0 Å². The van der Waals surface area contributed by atoms with Crippen LogP contribution in [0.4, 0.5) is 5.69 Å². The standard InChI is InChI=1S/C26H24N2O4/c1-18-12-13-22(23(16-18)32-2)27(24(29)17-19-8-4-3-5-9-19)14-15-28-25(30)20-10-6-7-11-21(20)26(28)31/h3-13,16H,14-15,17H2,1-2H3. The minimum atomic E-state index is -0.336. The van der Waals surface area contributed by atoms with Crippen LogP contribution in [0.2, 0.25) is 0 Å². The van der Waals surface area contributed by atoms with Gasteiger partial charge in [0.1, 0.15) is 5.75 Å². The summed E-state index contributed by atoms with van der Waals surface area (Å²) in [5.41, 5.74) is 3.28. The summed E-state index contributed by atoms with van der Waals surface area (Å²) in [4.78, 5) is 41.7. The summed E-state index contributed by atoms with van der Waals surface area (Å²) in [7, 11) is 1.56. The maximum Gasteiger partial charge on any atom is 0.261 e. The third kappa shape index (κ3) is 4.12. The van der Waals surface area contributed by atoms with Crippen LogP contribution in [0, 0.1) is 6.92 Å². The van der Waals surface area contributed by atoms with Crippen molar-refractivity contribution < 1.29 is 19.1 Å². The van der Waals surface area contributed by atoms with Crippen molar-refractivity contribution in [2.24, 2.45) is 0 Å². The molecule has 6 heteroatoms. The minimum Gasteiger partial charge on any atom is -0.495 e. The second kappa shape index (κ2) is 9.06. The Balaban J connectivity index is 1.61. The van der Waals surface area contributed by atoms with Crippen molar-refractivity contribution >= 4 is 23.4 Å². The molecule has 0 atom stereocenters. The number of rotatable bonds is 7. The number of anilines is 1. The SMILES string of the molecule is COc1cc(C)ccc1N(CCN1C(=O)c2ccccc2C1=O)C(=O)Cc1ccccc1. The van der Waals surface area contributed by atoms with Gasteiger partial charge in [-0.2, -0.15) is 0 Å². The first-order valence-electron chi connectivity index (χ1n) is 10.4. The van der Waals surface area contributed by atoms with Gasteiger partial charge >= 0.3 is 0 Å². The molecule has 32 heavy (non-hydrogen) atoms. The molecule has 0 N–H and O–H groups in total. The molecular weight excluding hydrogens is 404 g/mol. The van der Waals surface area contributed by atoms with Crippen molar-refractivity contribution in [2.45, 2.75) is 13.3 Å². The fourth-order valence-electron chi connectivity index (χ4n) is 3.90. The van der Waals surface area contributed by atoms with Gasteiger partial charge in [0, 0.05) is 13.1 Å². The van der Waals surface area contributed by atoms with E-state index in [0.29, 0.717) is 22.6 Å². The van der Waals surface area contributed by atoms with Gasteiger partial charge in [0.2, 0.25) is 5.91 Å². The lowest BCUT2D eigenvalue weighted by molar-refractivity contribution is -0.118. The van der Waals surface area contributed by atoms with Crippen LogP contribution in [0.3, 0.4) is 0 Å². The molecule has 3 aromatic rings. The molecule has 162 valence electrons. The highest BCUT2D eigenvalue weighted by atomic mass is 16.5. The van der Waals surface area contributed by atoms with Crippen LogP contribution in [0.25, 0.3) is 0 Å². The average Bonchev–Trinajstić information content (AvgIpc) is 3.05. The summed E-state index contributed by atoms with van der Waals surface area (Å²) in [5, 5.41) is 0. The Bertz CT molecular complexity index is 1140. The van der Waals surface area contributed by atoms with Gasteiger partial charge in [0.05, 0.1) is 30.3 Å². The number of hydrogen-bond acceptors (Lipinski definition) is 4. The number of carbonyl (C=O) groups is 3. The Kier molecular flexibility index (Phi) is 6.03. The number of hydrogen-bond donors (Lipinski definition) is 0. The molecule has 0 radical (unpaired) electrons. The molecule has 1 heterocycles. The highest BCUT2D eigenvalue weighted by Crippen LogP contribution is 2.30. The fraction of sp³-hybridized carbons (Fsp3) is 0.192. The third-order valence-electron chi connectivity index (χ3n) is 5.55. The summed E-state index contributed by atoms with van der Waals surface area (Å²) in [5.74, 6) is -0.252. The Hall–Kier alpha value is -3.93. The lowest BCUT2D eigenvalue weighted by Crippen LogP contribution is -2.41. The van der Waals surface area contributed by atoms with Gasteiger partial charge in [-0.1, -0.05) is 48.5 Å². The van der Waals surface area contributed by atoms with E-state index < -0.39 is 0 Å². The first-order chi connectivity index (χ1) is 15.5. The van der Waals surface area contributed by atoms with E-state index >= 15 is 0 Å². The fourth-order valence-corrected chi connectivity index (χ4v) is 3.90. The molecule has 1 aliphatic rings. The Morgan fingerprint density at radius 3 is 2.16 bits per heavy atom. The van der Waals surface area contributed by atoms with Crippen LogP contribution in [0.1, 0.15) is 31.8 Å². The Morgan fingerprint density at radius 1 is 0.906 bits per heavy atom. The van der Waals surface area contributed by atoms with Crippen molar-refractivity contribution in [3.63, 3.8) is 0 Å². The molecule has 1 aliphatic heterocycles. The topological polar surface area (TPSA) is 66.9 Å². The highest BCUT2D eigenvalue weighted by Gasteiger charge is 2.35. The number of fused-ring (bicyclic) bond motifs is 1. The predicted octanol–water partition coefficient (Wildman–Crippen LogP) is 3.88. The number of carbonyl (C=O) groups excluding carboxylic acids is 3. The van der Waals surface area contributed by atoms with Gasteiger partial charge in [-0.15, -0.1) is 0 Å². The molecule has 4 rings (SSSR count). The van der Waals surface area contributed by atoms with Crippen molar-refractivity contribution in [1.82, 2.24) is 4.90 Å². The molecule has 0 bridgehead atoms. The van der Waals surface area contributed by atoms with Gasteiger partial charge in [-0.3, -0.25) is 19.3 Å². The Morgan fingerprint density at radius 2 is 1.53 bits per heavy atom. The molecular formula is C26H24N2O4. The smallest absolute Gasteiger partial charge is 0.261 e. The number of benzene rings is 3. The molecule has 0 fully saturated rings. The summed E-state index contributed by atoms with van der Waals surface area (Å²) >= 11 is 0. The average molecular weight is 428 g/mol. The quantitative estimate of drug-likeness (QED) is 0.536. The van der Waals surface area contributed by atoms with Crippen LogP contribution in [-0.2, 0) is 11.2 Å². The van der Waals surface area contributed by atoms with Crippen LogP contribution in [0.5, 0.6) is 5.75 Å². The number of aryl methyl sites for hydroxylation is 1. The molecule has 3 aromatic carbocycles. The molecule has 0 aromatic heterocycles. The second-order valence-corrected chi connectivity index (χ2v) is 7.69. The van der Waals surface area contributed by atoms with Gasteiger partial charge in [0.15, 0.2) is 0 Å². The van der Waals surface area contributed by atoms with E-state index in [1.54, 1.807) is 36.3 Å². The predicted molar refractivity (Wildman–Crippen MR) is 122 cm³/mol. The van der Waals surface area contributed by atoms with Crippen LogP contribution in [0.15, 0.2) is 72.8 Å². The lowest BCUT2D eigenvalue weighted by atomic mass is 10.1. The number of methoxy groups -OCH3 is 1. The van der Waals surface area contributed by atoms with Crippen LogP contribution < -0.4 is 9.64 Å². The van der Waals surface area contributed by atoms with Crippen molar-refractivity contribution in [2.75, 3.05) is 25.1 Å². The zero-order chi connectivity index (χ0) is 22.7. The zero-order valence-corrected chi connectivity index (χ0v) is 18.1. The highest BCUT2D eigenvalue weighted by molar-refractivity contribution is 6.21. The number of amides is 3. The van der Waals surface area contributed by atoms with E-state index in [9.17, 15) is 14.4 Å². The maximum absolute atomic E-state index is 13.3. The molecule has 6 nitrogen and oxygen atoms in total. The summed E-state index contributed by atoms with van der Waals surface area (Å²) < 4.78 is 5.53. The monoisotopic (exact) mass is 428 g/mol. The van der Waals surface area contributed by atoms with E-state index in [-0.39, 0.29) is 37.2 Å². The van der Waals surface area contributed by atoms with Crippen LogP contribution in [-0.4, -0.2) is 42.8 Å². The first-order valence-corrected chi connectivity index (χ1v) is 10.4. The van der Waals surface area contributed by atoms with E-state index in [0.717, 1.165) is 11.1 Å². The molecule has 0 aliphatic carbocycles. The second-order valence-electron chi connectivity index (χ2n) is 7.69. The summed E-state index contributed by atoms with van der Waals surface area (Å²) in [6, 6.07) is 21.8. The maximum atomic E-state index is 13.3. The van der Waals surface area contributed by atoms with Gasteiger partial charge in [-0.05, 0) is 42.3 Å². The lowest BCUT2D eigenvalue weighted by Gasteiger charge is -2.27. The zero-order valence-electron chi connectivity index (χ0n) is 18.1. The summed E-state index contributed by atoms with van der Waals surface area (Å²) in [6.45, 7) is 2.20. The molecule has 0 saturated carbocycles. The molecule has 0 saturated heterocycles. The van der Waals surface area contributed by atoms with Crippen LogP contribution >= 0.6 is 0 Å². The van der Waals surface area contributed by atoms with Gasteiger partial charge < -0.3 is 9.64 Å². The number of ether oxygens (including phenoxy) is 1. The Labute approximate surface area is 187 Å². The van der Waals surface area contributed by atoms with Gasteiger partial charge in [-0.25, -0.2) is 0 Å². The van der Waals surface area contributed by atoms with E-state index in [1.165, 1.54) is 4.90 Å². The van der Waals surface area contributed by atoms with E-state index in [1.807, 2.05) is 55.5 Å². The molecule has 0 unspecified atom stereocenters. The van der Waals surface area contributed by atoms with Crippen molar-refractivity contribution in [3.8, 4) is 5.75 Å². The third-order valence-corrected chi connectivity index (χ3v) is 5.55. The number of imide groups is 1. The normalized spacial score (nSPS) is 12.6. The largest absolute Gasteiger partial charge is 0.495 e. The van der Waals surface area contributed by atoms with E-state index in [4.69, 9.17) is 4.74 Å². The first kappa shape index (κ1) is 21.3.